The van der Waals surface area contributed by atoms with Gasteiger partial charge < -0.3 is 10.2 Å². The lowest BCUT2D eigenvalue weighted by molar-refractivity contribution is -0.139. The Labute approximate surface area is 92.6 Å². The average molecular weight is 213 g/mol. The van der Waals surface area contributed by atoms with Gasteiger partial charge in [-0.2, -0.15) is 0 Å². The van der Waals surface area contributed by atoms with Crippen LogP contribution < -0.4 is 5.32 Å². The van der Waals surface area contributed by atoms with E-state index in [1.807, 2.05) is 18.9 Å². The molecular formula is C11H23N3O. The number of rotatable bonds is 4. The molecule has 4 heteroatoms. The quantitative estimate of drug-likeness (QED) is 0.722. The van der Waals surface area contributed by atoms with E-state index >= 15 is 0 Å². The molecule has 1 N–H and O–H groups in total. The van der Waals surface area contributed by atoms with Gasteiger partial charge in [-0.15, -0.1) is 0 Å². The normalized spacial score (nSPS) is 25.7. The van der Waals surface area contributed by atoms with Crippen LogP contribution in [-0.4, -0.2) is 61.0 Å². The van der Waals surface area contributed by atoms with Gasteiger partial charge in [0.15, 0.2) is 0 Å². The Balaban J connectivity index is 2.57. The van der Waals surface area contributed by atoms with Crippen LogP contribution in [0.15, 0.2) is 0 Å². The van der Waals surface area contributed by atoms with Crippen molar-refractivity contribution >= 4 is 5.91 Å². The molecule has 0 aliphatic carbocycles. The highest BCUT2D eigenvalue weighted by atomic mass is 16.2. The zero-order valence-electron chi connectivity index (χ0n) is 10.3. The Morgan fingerprint density at radius 1 is 1.60 bits per heavy atom. The molecule has 1 fully saturated rings. The van der Waals surface area contributed by atoms with Gasteiger partial charge in [-0.1, -0.05) is 0 Å². The molecule has 0 spiro atoms. The van der Waals surface area contributed by atoms with Crippen LogP contribution in [0.4, 0.5) is 0 Å². The van der Waals surface area contributed by atoms with Crippen LogP contribution in [0.25, 0.3) is 0 Å². The van der Waals surface area contributed by atoms with E-state index < -0.39 is 0 Å². The van der Waals surface area contributed by atoms with Gasteiger partial charge in [0, 0.05) is 31.7 Å². The predicted octanol–water partition coefficient (Wildman–Crippen LogP) is 0.147. The highest BCUT2D eigenvalue weighted by molar-refractivity contribution is 5.79. The third-order valence-electron chi connectivity index (χ3n) is 3.17. The lowest BCUT2D eigenvalue weighted by atomic mass is 10.1. The highest BCUT2D eigenvalue weighted by Crippen LogP contribution is 2.13. The average Bonchev–Trinajstić information content (AvgIpc) is 2.21. The van der Waals surface area contributed by atoms with E-state index in [-0.39, 0.29) is 5.91 Å². The van der Waals surface area contributed by atoms with Crippen molar-refractivity contribution in [2.45, 2.75) is 32.9 Å². The number of hydrogen-bond donors (Lipinski definition) is 1. The first-order valence-electron chi connectivity index (χ1n) is 5.78. The fourth-order valence-electron chi connectivity index (χ4n) is 2.25. The van der Waals surface area contributed by atoms with Crippen molar-refractivity contribution in [3.63, 3.8) is 0 Å². The summed E-state index contributed by atoms with van der Waals surface area (Å²) in [5, 5.41) is 3.16. The monoisotopic (exact) mass is 213 g/mol. The molecule has 0 bridgehead atoms. The number of carbonyl (C=O) groups excluding carboxylic acids is 1. The molecule has 15 heavy (non-hydrogen) atoms. The summed E-state index contributed by atoms with van der Waals surface area (Å²) < 4.78 is 0. The number of nitrogens with zero attached hydrogens (tertiary/aromatic N) is 2. The zero-order valence-corrected chi connectivity index (χ0v) is 10.3. The first-order chi connectivity index (χ1) is 7.10. The molecule has 1 saturated heterocycles. The van der Waals surface area contributed by atoms with Gasteiger partial charge in [-0.25, -0.2) is 0 Å². The van der Waals surface area contributed by atoms with Crippen LogP contribution in [0.3, 0.4) is 0 Å². The SMILES string of the molecule is CCN1CC(C)N(C(C)CNC)CC1=O. The molecule has 4 nitrogen and oxygen atoms in total. The minimum atomic E-state index is 0.263. The molecule has 0 aromatic carbocycles. The highest BCUT2D eigenvalue weighted by Gasteiger charge is 2.30. The predicted molar refractivity (Wildman–Crippen MR) is 61.8 cm³/mol. The maximum atomic E-state index is 11.8. The Morgan fingerprint density at radius 2 is 2.27 bits per heavy atom. The third-order valence-corrected chi connectivity index (χ3v) is 3.17. The van der Waals surface area contributed by atoms with Gasteiger partial charge in [0.25, 0.3) is 0 Å². The van der Waals surface area contributed by atoms with Crippen LogP contribution in [0, 0.1) is 0 Å². The summed E-state index contributed by atoms with van der Waals surface area (Å²) in [6, 6.07) is 0.888. The second kappa shape index (κ2) is 5.47. The summed E-state index contributed by atoms with van der Waals surface area (Å²) >= 11 is 0. The van der Waals surface area contributed by atoms with Crippen molar-refractivity contribution in [1.29, 1.82) is 0 Å². The summed E-state index contributed by atoms with van der Waals surface area (Å²) in [5.41, 5.74) is 0. The van der Waals surface area contributed by atoms with E-state index in [0.29, 0.717) is 18.6 Å². The molecule has 1 heterocycles. The molecule has 0 radical (unpaired) electrons. The number of likely N-dealkylation sites (N-methyl/N-ethyl adjacent to an activating group) is 2. The van der Waals surface area contributed by atoms with Crippen LogP contribution in [0.1, 0.15) is 20.8 Å². The van der Waals surface area contributed by atoms with E-state index in [1.165, 1.54) is 0 Å². The van der Waals surface area contributed by atoms with Gasteiger partial charge in [0.2, 0.25) is 5.91 Å². The summed E-state index contributed by atoms with van der Waals surface area (Å²) in [6.07, 6.45) is 0. The Bertz CT molecular complexity index is 220. The number of nitrogens with one attached hydrogen (secondary N) is 1. The second-order valence-electron chi connectivity index (χ2n) is 4.36. The van der Waals surface area contributed by atoms with E-state index in [9.17, 15) is 4.79 Å². The molecule has 0 saturated carbocycles. The Morgan fingerprint density at radius 3 is 2.80 bits per heavy atom. The first-order valence-corrected chi connectivity index (χ1v) is 5.78. The van der Waals surface area contributed by atoms with Crippen molar-refractivity contribution in [1.82, 2.24) is 15.1 Å². The number of piperazine rings is 1. The maximum absolute atomic E-state index is 11.8. The second-order valence-corrected chi connectivity index (χ2v) is 4.36. The van der Waals surface area contributed by atoms with E-state index in [2.05, 4.69) is 24.1 Å². The minimum absolute atomic E-state index is 0.263. The van der Waals surface area contributed by atoms with Crippen molar-refractivity contribution in [3.8, 4) is 0 Å². The van der Waals surface area contributed by atoms with Gasteiger partial charge in [-0.05, 0) is 27.8 Å². The standard InChI is InChI=1S/C11H23N3O/c1-5-13-7-10(3)14(8-11(13)15)9(2)6-12-4/h9-10,12H,5-8H2,1-4H3. The van der Waals surface area contributed by atoms with Crippen molar-refractivity contribution in [3.05, 3.63) is 0 Å². The fraction of sp³-hybridized carbons (Fsp3) is 0.909. The third kappa shape index (κ3) is 2.92. The van der Waals surface area contributed by atoms with Gasteiger partial charge in [-0.3, -0.25) is 9.69 Å². The molecular weight excluding hydrogens is 190 g/mol. The van der Waals surface area contributed by atoms with Crippen LogP contribution in [-0.2, 0) is 4.79 Å². The smallest absolute Gasteiger partial charge is 0.236 e. The number of amides is 1. The molecule has 1 amide bonds. The first kappa shape index (κ1) is 12.5. The van der Waals surface area contributed by atoms with Crippen molar-refractivity contribution < 1.29 is 4.79 Å². The van der Waals surface area contributed by atoms with Crippen LogP contribution in [0.2, 0.25) is 0 Å². The minimum Gasteiger partial charge on any atom is -0.340 e. The van der Waals surface area contributed by atoms with Crippen LogP contribution >= 0.6 is 0 Å². The number of carbonyl (C=O) groups is 1. The van der Waals surface area contributed by atoms with Gasteiger partial charge in [0.1, 0.15) is 0 Å². The molecule has 2 atom stereocenters. The maximum Gasteiger partial charge on any atom is 0.236 e. The van der Waals surface area contributed by atoms with Gasteiger partial charge >= 0.3 is 0 Å². The molecule has 0 aromatic heterocycles. The molecule has 0 aromatic rings. The number of hydrogen-bond acceptors (Lipinski definition) is 3. The lowest BCUT2D eigenvalue weighted by Crippen LogP contribution is -2.58. The van der Waals surface area contributed by atoms with Crippen LogP contribution in [0.5, 0.6) is 0 Å². The van der Waals surface area contributed by atoms with E-state index in [1.54, 1.807) is 0 Å². The molecule has 1 aliphatic rings. The largest absolute Gasteiger partial charge is 0.340 e. The summed E-state index contributed by atoms with van der Waals surface area (Å²) in [5.74, 6) is 0.263. The topological polar surface area (TPSA) is 35.6 Å². The Kier molecular flexibility index (Phi) is 4.54. The molecule has 1 aliphatic heterocycles. The summed E-state index contributed by atoms with van der Waals surface area (Å²) in [6.45, 7) is 9.60. The van der Waals surface area contributed by atoms with Crippen molar-refractivity contribution in [2.24, 2.45) is 0 Å². The fourth-order valence-corrected chi connectivity index (χ4v) is 2.25. The van der Waals surface area contributed by atoms with Gasteiger partial charge in [0.05, 0.1) is 6.54 Å². The Hall–Kier alpha value is -0.610. The molecule has 2 unspecified atom stereocenters. The zero-order chi connectivity index (χ0) is 11.4. The van der Waals surface area contributed by atoms with E-state index in [0.717, 1.165) is 19.6 Å². The van der Waals surface area contributed by atoms with E-state index in [4.69, 9.17) is 0 Å². The van der Waals surface area contributed by atoms with Crippen molar-refractivity contribution in [2.75, 3.05) is 33.2 Å². The molecule has 1 rings (SSSR count). The molecule has 88 valence electrons. The summed E-state index contributed by atoms with van der Waals surface area (Å²) in [7, 11) is 1.95. The summed E-state index contributed by atoms with van der Waals surface area (Å²) in [4.78, 5) is 16.0. The lowest BCUT2D eigenvalue weighted by Gasteiger charge is -2.42.